The van der Waals surface area contributed by atoms with E-state index in [0.717, 1.165) is 27.4 Å². The first-order chi connectivity index (χ1) is 9.72. The number of rotatable bonds is 6. The molecule has 2 aromatic rings. The maximum absolute atomic E-state index is 5.51. The number of hydrogen-bond donors (Lipinski definition) is 2. The quantitative estimate of drug-likeness (QED) is 0.847. The van der Waals surface area contributed by atoms with Gasteiger partial charge in [-0.25, -0.2) is 9.97 Å². The Labute approximate surface area is 126 Å². The van der Waals surface area contributed by atoms with Crippen molar-refractivity contribution in [2.45, 2.75) is 13.0 Å². The summed E-state index contributed by atoms with van der Waals surface area (Å²) in [7, 11) is 1.66. The van der Waals surface area contributed by atoms with E-state index >= 15 is 0 Å². The number of aromatic nitrogens is 2. The molecule has 106 valence electrons. The molecule has 0 aliphatic carbocycles. The van der Waals surface area contributed by atoms with Gasteiger partial charge in [0.25, 0.3) is 0 Å². The summed E-state index contributed by atoms with van der Waals surface area (Å²) in [5.41, 5.74) is 6.56. The van der Waals surface area contributed by atoms with Crippen molar-refractivity contribution in [2.24, 2.45) is 5.73 Å². The monoisotopic (exact) mass is 336 g/mol. The van der Waals surface area contributed by atoms with Gasteiger partial charge in [-0.1, -0.05) is 15.9 Å². The van der Waals surface area contributed by atoms with Gasteiger partial charge in [0.15, 0.2) is 0 Å². The van der Waals surface area contributed by atoms with Crippen LogP contribution in [0.4, 0.5) is 5.82 Å². The fourth-order valence-corrected chi connectivity index (χ4v) is 2.23. The fourth-order valence-electron chi connectivity index (χ4n) is 1.82. The van der Waals surface area contributed by atoms with Gasteiger partial charge in [0, 0.05) is 29.2 Å². The molecule has 6 heteroatoms. The molecular weight excluding hydrogens is 320 g/mol. The van der Waals surface area contributed by atoms with Gasteiger partial charge in [-0.2, -0.15) is 0 Å². The molecule has 1 aromatic carbocycles. The third-order valence-electron chi connectivity index (χ3n) is 2.78. The molecule has 0 aliphatic heterocycles. The molecule has 0 fully saturated rings. The average molecular weight is 337 g/mol. The Bertz CT molecular complexity index is 577. The predicted octanol–water partition coefficient (Wildman–Crippen LogP) is 2.36. The molecule has 5 nitrogen and oxygen atoms in total. The molecule has 0 bridgehead atoms. The van der Waals surface area contributed by atoms with Gasteiger partial charge in [-0.05, 0) is 30.8 Å². The van der Waals surface area contributed by atoms with E-state index < -0.39 is 0 Å². The summed E-state index contributed by atoms with van der Waals surface area (Å²) in [6, 6.07) is 7.74. The van der Waals surface area contributed by atoms with Crippen molar-refractivity contribution in [1.29, 1.82) is 0 Å². The molecule has 0 radical (unpaired) electrons. The molecule has 0 saturated carbocycles. The first-order valence-corrected chi connectivity index (χ1v) is 7.10. The van der Waals surface area contributed by atoms with Crippen LogP contribution in [0.25, 0.3) is 0 Å². The van der Waals surface area contributed by atoms with Crippen LogP contribution < -0.4 is 15.8 Å². The third-order valence-corrected chi connectivity index (χ3v) is 3.27. The molecule has 1 heterocycles. The van der Waals surface area contributed by atoms with Gasteiger partial charge >= 0.3 is 0 Å². The maximum atomic E-state index is 5.51. The van der Waals surface area contributed by atoms with Crippen LogP contribution in [0, 0.1) is 0 Å². The summed E-state index contributed by atoms with van der Waals surface area (Å²) in [6.07, 6.45) is 2.41. The molecule has 1 aromatic heterocycles. The third kappa shape index (κ3) is 3.91. The molecule has 0 aliphatic rings. The zero-order chi connectivity index (χ0) is 14.4. The molecule has 0 spiro atoms. The van der Waals surface area contributed by atoms with E-state index in [-0.39, 0.29) is 0 Å². The Balaban J connectivity index is 2.08. The molecule has 2 rings (SSSR count). The van der Waals surface area contributed by atoms with E-state index in [0.29, 0.717) is 19.5 Å². The van der Waals surface area contributed by atoms with E-state index in [4.69, 9.17) is 10.5 Å². The molecular formula is C14H17BrN4O. The largest absolute Gasteiger partial charge is 0.496 e. The van der Waals surface area contributed by atoms with E-state index in [9.17, 15) is 0 Å². The van der Waals surface area contributed by atoms with Gasteiger partial charge in [0.1, 0.15) is 17.4 Å². The summed E-state index contributed by atoms with van der Waals surface area (Å²) in [5, 5.41) is 3.27. The molecule has 0 atom stereocenters. The lowest BCUT2D eigenvalue weighted by molar-refractivity contribution is 0.410. The van der Waals surface area contributed by atoms with Crippen LogP contribution in [0.3, 0.4) is 0 Å². The Kier molecular flexibility index (Phi) is 5.31. The summed E-state index contributed by atoms with van der Waals surface area (Å²) in [6.45, 7) is 1.17. The number of benzene rings is 1. The van der Waals surface area contributed by atoms with Crippen LogP contribution in [0.2, 0.25) is 0 Å². The van der Waals surface area contributed by atoms with Crippen LogP contribution >= 0.6 is 15.9 Å². The number of nitrogens with zero attached hydrogens (tertiary/aromatic N) is 2. The second-order valence-corrected chi connectivity index (χ2v) is 5.12. The maximum Gasteiger partial charge on any atom is 0.131 e. The smallest absolute Gasteiger partial charge is 0.131 e. The van der Waals surface area contributed by atoms with Crippen LogP contribution in [-0.4, -0.2) is 23.6 Å². The second-order valence-electron chi connectivity index (χ2n) is 4.21. The second kappa shape index (κ2) is 7.21. The topological polar surface area (TPSA) is 73.1 Å². The van der Waals surface area contributed by atoms with Crippen LogP contribution in [0.1, 0.15) is 11.4 Å². The van der Waals surface area contributed by atoms with Gasteiger partial charge in [-0.15, -0.1) is 0 Å². The highest BCUT2D eigenvalue weighted by Gasteiger charge is 2.04. The lowest BCUT2D eigenvalue weighted by Gasteiger charge is -2.11. The fraction of sp³-hybridized carbons (Fsp3) is 0.286. The van der Waals surface area contributed by atoms with Crippen LogP contribution in [-0.2, 0) is 13.0 Å². The van der Waals surface area contributed by atoms with Crippen molar-refractivity contribution < 1.29 is 4.74 Å². The first kappa shape index (κ1) is 14.7. The number of nitrogens with two attached hydrogens (primary N) is 1. The number of anilines is 1. The van der Waals surface area contributed by atoms with Gasteiger partial charge < -0.3 is 15.8 Å². The minimum atomic E-state index is 0.545. The van der Waals surface area contributed by atoms with Gasteiger partial charge in [0.05, 0.1) is 7.11 Å². The highest BCUT2D eigenvalue weighted by molar-refractivity contribution is 9.10. The van der Waals surface area contributed by atoms with E-state index in [1.807, 2.05) is 24.3 Å². The van der Waals surface area contributed by atoms with Gasteiger partial charge in [0.2, 0.25) is 0 Å². The van der Waals surface area contributed by atoms with Crippen molar-refractivity contribution in [2.75, 3.05) is 19.0 Å². The minimum absolute atomic E-state index is 0.545. The highest BCUT2D eigenvalue weighted by atomic mass is 79.9. The van der Waals surface area contributed by atoms with Crippen molar-refractivity contribution >= 4 is 21.7 Å². The van der Waals surface area contributed by atoms with Gasteiger partial charge in [-0.3, -0.25) is 0 Å². The lowest BCUT2D eigenvalue weighted by atomic mass is 10.2. The van der Waals surface area contributed by atoms with Crippen LogP contribution in [0.5, 0.6) is 5.75 Å². The van der Waals surface area contributed by atoms with Crippen molar-refractivity contribution in [3.8, 4) is 5.75 Å². The molecule has 3 N–H and O–H groups in total. The number of methoxy groups -OCH3 is 1. The zero-order valence-corrected chi connectivity index (χ0v) is 12.9. The Morgan fingerprint density at radius 2 is 2.20 bits per heavy atom. The standard InChI is InChI=1S/C14H17BrN4O/c1-20-12-3-2-11(15)8-10(12)9-18-14-5-7-17-13(19-14)4-6-16/h2-3,5,7-8H,4,6,9,16H2,1H3,(H,17,18,19). The summed E-state index contributed by atoms with van der Waals surface area (Å²) in [4.78, 5) is 8.57. The van der Waals surface area contributed by atoms with Crippen molar-refractivity contribution in [1.82, 2.24) is 9.97 Å². The molecule has 0 amide bonds. The molecule has 0 unspecified atom stereocenters. The van der Waals surface area contributed by atoms with E-state index in [1.54, 1.807) is 13.3 Å². The Morgan fingerprint density at radius 1 is 1.35 bits per heavy atom. The zero-order valence-electron chi connectivity index (χ0n) is 11.3. The summed E-state index contributed by atoms with van der Waals surface area (Å²) < 4.78 is 6.36. The van der Waals surface area contributed by atoms with Crippen molar-refractivity contribution in [3.05, 3.63) is 46.3 Å². The highest BCUT2D eigenvalue weighted by Crippen LogP contribution is 2.23. The number of nitrogens with one attached hydrogen (secondary N) is 1. The van der Waals surface area contributed by atoms with E-state index in [2.05, 4.69) is 31.2 Å². The predicted molar refractivity (Wildman–Crippen MR) is 82.8 cm³/mol. The molecule has 20 heavy (non-hydrogen) atoms. The molecule has 0 saturated heterocycles. The lowest BCUT2D eigenvalue weighted by Crippen LogP contribution is -2.09. The number of halogens is 1. The van der Waals surface area contributed by atoms with Crippen molar-refractivity contribution in [3.63, 3.8) is 0 Å². The number of hydrogen-bond acceptors (Lipinski definition) is 5. The normalized spacial score (nSPS) is 10.3. The summed E-state index contributed by atoms with van der Waals surface area (Å²) in [5.74, 6) is 2.38. The Morgan fingerprint density at radius 3 is 2.95 bits per heavy atom. The minimum Gasteiger partial charge on any atom is -0.496 e. The summed E-state index contributed by atoms with van der Waals surface area (Å²) >= 11 is 3.46. The Hall–Kier alpha value is -1.66. The first-order valence-electron chi connectivity index (χ1n) is 6.31. The SMILES string of the molecule is COc1ccc(Br)cc1CNc1ccnc(CCN)n1. The van der Waals surface area contributed by atoms with E-state index in [1.165, 1.54) is 0 Å². The van der Waals surface area contributed by atoms with Crippen LogP contribution in [0.15, 0.2) is 34.9 Å². The number of ether oxygens (including phenoxy) is 1. The average Bonchev–Trinajstić information content (AvgIpc) is 2.46.